The molecule has 0 saturated carbocycles. The lowest BCUT2D eigenvalue weighted by molar-refractivity contribution is 0.0612. The van der Waals surface area contributed by atoms with E-state index in [2.05, 4.69) is 22.2 Å². The normalized spacial score (nSPS) is 28.8. The zero-order valence-corrected chi connectivity index (χ0v) is 10.8. The number of nitrogens with one attached hydrogen (secondary N) is 1. The number of piperazine rings is 1. The van der Waals surface area contributed by atoms with E-state index in [1.165, 1.54) is 0 Å². The minimum Gasteiger partial charge on any atom is -0.390 e. The molecule has 0 spiro atoms. The Balaban J connectivity index is 1.66. The van der Waals surface area contributed by atoms with Gasteiger partial charge in [-0.1, -0.05) is 0 Å². The van der Waals surface area contributed by atoms with Crippen LogP contribution in [0.3, 0.4) is 0 Å². The molecule has 0 aromatic heterocycles. The van der Waals surface area contributed by atoms with Crippen LogP contribution in [-0.2, 0) is 4.74 Å². The van der Waals surface area contributed by atoms with Gasteiger partial charge in [0.15, 0.2) is 0 Å². The van der Waals surface area contributed by atoms with Crippen LogP contribution >= 0.6 is 0 Å². The largest absolute Gasteiger partial charge is 0.390 e. The molecular formula is C12H25N3O2. The standard InChI is InChI=1S/C12H25N3O2/c1-14(11-2-7-17-10-11)8-12(16)9-15-5-3-13-4-6-15/h11-13,16H,2-10H2,1H3. The number of hydrogen-bond donors (Lipinski definition) is 2. The van der Waals surface area contributed by atoms with E-state index in [1.54, 1.807) is 0 Å². The first-order valence-electron chi connectivity index (χ1n) is 6.65. The summed E-state index contributed by atoms with van der Waals surface area (Å²) < 4.78 is 5.37. The molecule has 2 N–H and O–H groups in total. The predicted molar refractivity (Wildman–Crippen MR) is 67.2 cm³/mol. The summed E-state index contributed by atoms with van der Waals surface area (Å²) in [5, 5.41) is 13.4. The number of β-amino-alcohol motifs (C(OH)–C–C–N with tert-alkyl or cyclic N) is 1. The van der Waals surface area contributed by atoms with Crippen LogP contribution in [0.15, 0.2) is 0 Å². The Labute approximate surface area is 104 Å². The van der Waals surface area contributed by atoms with Crippen LogP contribution in [0.5, 0.6) is 0 Å². The second-order valence-electron chi connectivity index (χ2n) is 5.16. The lowest BCUT2D eigenvalue weighted by Gasteiger charge is -2.31. The Bertz CT molecular complexity index is 216. The molecule has 5 nitrogen and oxygen atoms in total. The summed E-state index contributed by atoms with van der Waals surface area (Å²) >= 11 is 0. The highest BCUT2D eigenvalue weighted by Gasteiger charge is 2.23. The average Bonchev–Trinajstić information content (AvgIpc) is 2.83. The number of nitrogens with zero attached hydrogens (tertiary/aromatic N) is 2. The van der Waals surface area contributed by atoms with Crippen molar-refractivity contribution in [2.75, 3.05) is 59.5 Å². The highest BCUT2D eigenvalue weighted by Crippen LogP contribution is 2.11. The van der Waals surface area contributed by atoms with Gasteiger partial charge in [0, 0.05) is 51.9 Å². The maximum absolute atomic E-state index is 10.1. The maximum Gasteiger partial charge on any atom is 0.0793 e. The molecule has 0 radical (unpaired) electrons. The van der Waals surface area contributed by atoms with E-state index in [1.807, 2.05) is 0 Å². The van der Waals surface area contributed by atoms with E-state index < -0.39 is 0 Å². The summed E-state index contributed by atoms with van der Waals surface area (Å²) in [5.74, 6) is 0. The number of aliphatic hydroxyl groups excluding tert-OH is 1. The molecule has 0 aromatic carbocycles. The van der Waals surface area contributed by atoms with Crippen molar-refractivity contribution in [2.45, 2.75) is 18.6 Å². The smallest absolute Gasteiger partial charge is 0.0793 e. The fourth-order valence-electron chi connectivity index (χ4n) is 2.60. The molecule has 0 aliphatic carbocycles. The molecule has 5 heteroatoms. The second kappa shape index (κ2) is 6.66. The van der Waals surface area contributed by atoms with Gasteiger partial charge in [0.05, 0.1) is 12.7 Å². The van der Waals surface area contributed by atoms with Gasteiger partial charge < -0.3 is 15.2 Å². The molecule has 2 unspecified atom stereocenters. The summed E-state index contributed by atoms with van der Waals surface area (Å²) in [6, 6.07) is 0.493. The van der Waals surface area contributed by atoms with Crippen LogP contribution in [0, 0.1) is 0 Å². The third kappa shape index (κ3) is 4.19. The quantitative estimate of drug-likeness (QED) is 0.647. The van der Waals surface area contributed by atoms with E-state index >= 15 is 0 Å². The van der Waals surface area contributed by atoms with E-state index in [9.17, 15) is 5.11 Å². The number of ether oxygens (including phenoxy) is 1. The first kappa shape index (κ1) is 13.2. The van der Waals surface area contributed by atoms with Gasteiger partial charge in [0.2, 0.25) is 0 Å². The number of hydrogen-bond acceptors (Lipinski definition) is 5. The summed E-state index contributed by atoms with van der Waals surface area (Å²) in [6.45, 7) is 7.40. The minimum absolute atomic E-state index is 0.251. The zero-order chi connectivity index (χ0) is 12.1. The molecule has 2 heterocycles. The van der Waals surface area contributed by atoms with Crippen LogP contribution in [0.1, 0.15) is 6.42 Å². The fraction of sp³-hybridized carbons (Fsp3) is 1.00. The summed E-state index contributed by atoms with van der Waals surface area (Å²) in [4.78, 5) is 4.57. The number of likely N-dealkylation sites (N-methyl/N-ethyl adjacent to an activating group) is 1. The Hall–Kier alpha value is -0.200. The molecular weight excluding hydrogens is 218 g/mol. The van der Waals surface area contributed by atoms with Gasteiger partial charge >= 0.3 is 0 Å². The third-order valence-electron chi connectivity index (χ3n) is 3.71. The van der Waals surface area contributed by atoms with Crippen LogP contribution in [0.4, 0.5) is 0 Å². The predicted octanol–water partition coefficient (Wildman–Crippen LogP) is -1.03. The molecule has 0 amide bonds. The van der Waals surface area contributed by atoms with E-state index in [-0.39, 0.29) is 6.10 Å². The lowest BCUT2D eigenvalue weighted by atomic mass is 10.2. The molecule has 0 bridgehead atoms. The van der Waals surface area contributed by atoms with Crippen molar-refractivity contribution in [2.24, 2.45) is 0 Å². The summed E-state index contributed by atoms with van der Waals surface area (Å²) in [5.41, 5.74) is 0. The Kier molecular flexibility index (Phi) is 5.18. The monoisotopic (exact) mass is 243 g/mol. The van der Waals surface area contributed by atoms with Crippen LogP contribution < -0.4 is 5.32 Å². The van der Waals surface area contributed by atoms with Gasteiger partial charge in [0.1, 0.15) is 0 Å². The first-order valence-corrected chi connectivity index (χ1v) is 6.65. The van der Waals surface area contributed by atoms with Crippen molar-refractivity contribution in [3.05, 3.63) is 0 Å². The Morgan fingerprint density at radius 3 is 2.88 bits per heavy atom. The van der Waals surface area contributed by atoms with Gasteiger partial charge in [-0.05, 0) is 13.5 Å². The maximum atomic E-state index is 10.1. The van der Waals surface area contributed by atoms with Gasteiger partial charge in [-0.3, -0.25) is 9.80 Å². The molecule has 17 heavy (non-hydrogen) atoms. The van der Waals surface area contributed by atoms with Crippen molar-refractivity contribution in [3.8, 4) is 0 Å². The Morgan fingerprint density at radius 1 is 1.47 bits per heavy atom. The van der Waals surface area contributed by atoms with Crippen LogP contribution in [0.25, 0.3) is 0 Å². The SMILES string of the molecule is CN(CC(O)CN1CCNCC1)C1CCOC1. The minimum atomic E-state index is -0.251. The molecule has 0 aromatic rings. The molecule has 2 saturated heterocycles. The zero-order valence-electron chi connectivity index (χ0n) is 10.8. The summed E-state index contributed by atoms with van der Waals surface area (Å²) in [7, 11) is 2.08. The van der Waals surface area contributed by atoms with E-state index in [0.717, 1.165) is 58.9 Å². The molecule has 2 rings (SSSR count). The van der Waals surface area contributed by atoms with Crippen molar-refractivity contribution in [3.63, 3.8) is 0 Å². The lowest BCUT2D eigenvalue weighted by Crippen LogP contribution is -2.48. The van der Waals surface area contributed by atoms with Gasteiger partial charge in [-0.2, -0.15) is 0 Å². The van der Waals surface area contributed by atoms with E-state index in [4.69, 9.17) is 4.74 Å². The first-order chi connectivity index (χ1) is 8.25. The van der Waals surface area contributed by atoms with Crippen molar-refractivity contribution >= 4 is 0 Å². The van der Waals surface area contributed by atoms with Crippen molar-refractivity contribution in [1.82, 2.24) is 15.1 Å². The van der Waals surface area contributed by atoms with Gasteiger partial charge in [-0.15, -0.1) is 0 Å². The van der Waals surface area contributed by atoms with Crippen molar-refractivity contribution < 1.29 is 9.84 Å². The molecule has 2 aliphatic heterocycles. The Morgan fingerprint density at radius 2 is 2.24 bits per heavy atom. The average molecular weight is 243 g/mol. The fourth-order valence-corrected chi connectivity index (χ4v) is 2.60. The van der Waals surface area contributed by atoms with Crippen molar-refractivity contribution in [1.29, 1.82) is 0 Å². The van der Waals surface area contributed by atoms with Gasteiger partial charge in [0.25, 0.3) is 0 Å². The van der Waals surface area contributed by atoms with Crippen LogP contribution in [0.2, 0.25) is 0 Å². The molecule has 100 valence electrons. The molecule has 2 fully saturated rings. The van der Waals surface area contributed by atoms with Gasteiger partial charge in [-0.25, -0.2) is 0 Å². The van der Waals surface area contributed by atoms with E-state index in [0.29, 0.717) is 6.04 Å². The number of rotatable bonds is 5. The molecule has 2 atom stereocenters. The topological polar surface area (TPSA) is 48.0 Å². The second-order valence-corrected chi connectivity index (χ2v) is 5.16. The number of aliphatic hydroxyl groups is 1. The highest BCUT2D eigenvalue weighted by molar-refractivity contribution is 4.77. The van der Waals surface area contributed by atoms with Crippen LogP contribution in [-0.4, -0.2) is 86.6 Å². The summed E-state index contributed by atoms with van der Waals surface area (Å²) in [6.07, 6.45) is 0.843. The highest BCUT2D eigenvalue weighted by atomic mass is 16.5. The molecule has 2 aliphatic rings. The third-order valence-corrected chi connectivity index (χ3v) is 3.71.